The molecule has 25 heavy (non-hydrogen) atoms. The molecule has 2 aromatic heterocycles. The van der Waals surface area contributed by atoms with Gasteiger partial charge in [-0.3, -0.25) is 15.2 Å². The van der Waals surface area contributed by atoms with E-state index < -0.39 is 0 Å². The summed E-state index contributed by atoms with van der Waals surface area (Å²) in [7, 11) is 2.03. The highest BCUT2D eigenvalue weighted by Crippen LogP contribution is 2.17. The van der Waals surface area contributed by atoms with Gasteiger partial charge in [0.05, 0.1) is 11.3 Å². The molecule has 1 fully saturated rings. The van der Waals surface area contributed by atoms with Crippen LogP contribution in [0.4, 0.5) is 5.82 Å². The molecule has 0 spiro atoms. The first-order valence-corrected chi connectivity index (χ1v) is 8.21. The van der Waals surface area contributed by atoms with Crippen molar-refractivity contribution < 1.29 is 4.79 Å². The maximum absolute atomic E-state index is 12.5. The largest absolute Gasteiger partial charge is 0.383 e. The van der Waals surface area contributed by atoms with Gasteiger partial charge in [0.25, 0.3) is 5.91 Å². The van der Waals surface area contributed by atoms with Crippen molar-refractivity contribution in [1.82, 2.24) is 20.2 Å². The van der Waals surface area contributed by atoms with E-state index in [-0.39, 0.29) is 23.5 Å². The Bertz CT molecular complexity index is 819. The number of amides is 1. The quantitative estimate of drug-likeness (QED) is 0.726. The van der Waals surface area contributed by atoms with Crippen LogP contribution in [-0.4, -0.2) is 52.7 Å². The number of carbonyl (C=O) groups is 1. The Balaban J connectivity index is 1.82. The average molecular weight is 338 g/mol. The first-order chi connectivity index (χ1) is 11.9. The third-order valence-electron chi connectivity index (χ3n) is 4.36. The van der Waals surface area contributed by atoms with E-state index in [1.165, 1.54) is 6.20 Å². The second kappa shape index (κ2) is 6.98. The van der Waals surface area contributed by atoms with Crippen molar-refractivity contribution in [2.75, 3.05) is 25.9 Å². The summed E-state index contributed by atoms with van der Waals surface area (Å²) in [4.78, 5) is 22.9. The van der Waals surface area contributed by atoms with Crippen LogP contribution < -0.4 is 11.1 Å². The molecule has 7 nitrogen and oxygen atoms in total. The smallest absolute Gasteiger partial charge is 0.253 e. The Hall–Kier alpha value is -2.80. The molecule has 1 aliphatic rings. The topological polar surface area (TPSA) is 108 Å². The Morgan fingerprint density at radius 3 is 2.84 bits per heavy atom. The molecule has 1 saturated heterocycles. The number of aromatic nitrogens is 2. The number of nitrogens with two attached hydrogens (primary N) is 1. The van der Waals surface area contributed by atoms with Crippen LogP contribution in [0, 0.1) is 12.3 Å². The van der Waals surface area contributed by atoms with Crippen LogP contribution in [0.1, 0.15) is 33.6 Å². The Kier molecular flexibility index (Phi) is 4.76. The molecule has 0 radical (unpaired) electrons. The van der Waals surface area contributed by atoms with E-state index in [1.54, 1.807) is 18.3 Å². The number of hydrogen-bond donors (Lipinski definition) is 3. The van der Waals surface area contributed by atoms with Crippen LogP contribution in [0.5, 0.6) is 0 Å². The number of pyridine rings is 2. The molecule has 0 aliphatic carbocycles. The van der Waals surface area contributed by atoms with Gasteiger partial charge in [-0.05, 0) is 45.1 Å². The minimum absolute atomic E-state index is 0.140. The zero-order valence-corrected chi connectivity index (χ0v) is 14.4. The van der Waals surface area contributed by atoms with Crippen molar-refractivity contribution in [3.8, 4) is 0 Å². The summed E-state index contributed by atoms with van der Waals surface area (Å²) >= 11 is 0. The first-order valence-electron chi connectivity index (χ1n) is 8.21. The van der Waals surface area contributed by atoms with Gasteiger partial charge in [0.15, 0.2) is 0 Å². The maximum Gasteiger partial charge on any atom is 0.253 e. The molecule has 0 aromatic carbocycles. The number of nitrogens with one attached hydrogen (secondary N) is 2. The predicted octanol–water partition coefficient (Wildman–Crippen LogP) is 1.22. The Morgan fingerprint density at radius 2 is 2.16 bits per heavy atom. The van der Waals surface area contributed by atoms with Crippen molar-refractivity contribution in [2.24, 2.45) is 0 Å². The van der Waals surface area contributed by atoms with E-state index in [0.717, 1.165) is 25.2 Å². The van der Waals surface area contributed by atoms with E-state index in [9.17, 15) is 4.79 Å². The van der Waals surface area contributed by atoms with Crippen LogP contribution in [0.25, 0.3) is 0 Å². The molecule has 4 N–H and O–H groups in total. The number of aryl methyl sites for hydroxylation is 1. The average Bonchev–Trinajstić information content (AvgIpc) is 2.99. The van der Waals surface area contributed by atoms with E-state index in [0.29, 0.717) is 16.7 Å². The van der Waals surface area contributed by atoms with Crippen molar-refractivity contribution in [3.05, 3.63) is 53.0 Å². The highest BCUT2D eigenvalue weighted by molar-refractivity contribution is 6.14. The van der Waals surface area contributed by atoms with Crippen LogP contribution >= 0.6 is 0 Å². The summed E-state index contributed by atoms with van der Waals surface area (Å²) in [6.45, 7) is 3.68. The lowest BCUT2D eigenvalue weighted by Crippen LogP contribution is -2.36. The molecule has 1 aliphatic heterocycles. The SMILES string of the molecule is Cc1cc(C(=N)c2cc(C(=O)NC3CCN(C)C3)cnc2N)ccn1. The number of likely N-dealkylation sites (tertiary alicyclic amines) is 1. The molecule has 1 atom stereocenters. The second-order valence-electron chi connectivity index (χ2n) is 6.44. The zero-order chi connectivity index (χ0) is 18.0. The summed E-state index contributed by atoms with van der Waals surface area (Å²) in [6.07, 6.45) is 4.04. The molecule has 7 heteroatoms. The summed E-state index contributed by atoms with van der Waals surface area (Å²) in [5.74, 6) is 0.0457. The minimum atomic E-state index is -0.187. The standard InChI is InChI=1S/C18H22N6O/c1-11-7-12(3-5-21-11)16(19)15-8-13(9-22-17(15)20)18(25)23-14-4-6-24(2)10-14/h3,5,7-9,14,19H,4,6,10H2,1-2H3,(H2,20,22)(H,23,25). The lowest BCUT2D eigenvalue weighted by molar-refractivity contribution is 0.0938. The summed E-state index contributed by atoms with van der Waals surface area (Å²) in [6, 6.07) is 5.33. The minimum Gasteiger partial charge on any atom is -0.383 e. The van der Waals surface area contributed by atoms with Crippen molar-refractivity contribution in [2.45, 2.75) is 19.4 Å². The van der Waals surface area contributed by atoms with Crippen LogP contribution in [0.3, 0.4) is 0 Å². The molecule has 0 bridgehead atoms. The fraction of sp³-hybridized carbons (Fsp3) is 0.333. The lowest BCUT2D eigenvalue weighted by Gasteiger charge is -2.14. The number of anilines is 1. The van der Waals surface area contributed by atoms with Gasteiger partial charge >= 0.3 is 0 Å². The van der Waals surface area contributed by atoms with Crippen LogP contribution in [0.2, 0.25) is 0 Å². The molecule has 1 unspecified atom stereocenters. The highest BCUT2D eigenvalue weighted by Gasteiger charge is 2.22. The summed E-state index contributed by atoms with van der Waals surface area (Å²) in [5.41, 5.74) is 8.53. The summed E-state index contributed by atoms with van der Waals surface area (Å²) < 4.78 is 0. The van der Waals surface area contributed by atoms with Gasteiger partial charge < -0.3 is 16.0 Å². The van der Waals surface area contributed by atoms with Gasteiger partial charge in [0, 0.05) is 41.8 Å². The van der Waals surface area contributed by atoms with Gasteiger partial charge in [-0.25, -0.2) is 4.98 Å². The number of carbonyl (C=O) groups excluding carboxylic acids is 1. The molecular formula is C18H22N6O. The number of rotatable bonds is 4. The molecule has 3 heterocycles. The normalized spacial score (nSPS) is 17.4. The van der Waals surface area contributed by atoms with E-state index in [2.05, 4.69) is 20.2 Å². The van der Waals surface area contributed by atoms with Crippen LogP contribution in [-0.2, 0) is 0 Å². The molecule has 0 saturated carbocycles. The van der Waals surface area contributed by atoms with Gasteiger partial charge in [0.2, 0.25) is 0 Å². The highest BCUT2D eigenvalue weighted by atomic mass is 16.1. The maximum atomic E-state index is 12.5. The summed E-state index contributed by atoms with van der Waals surface area (Å²) in [5, 5.41) is 11.4. The number of hydrogen-bond acceptors (Lipinski definition) is 6. The first kappa shape index (κ1) is 17.0. The molecule has 130 valence electrons. The third kappa shape index (κ3) is 3.83. The number of likely N-dealkylation sites (N-methyl/N-ethyl adjacent to an activating group) is 1. The predicted molar refractivity (Wildman–Crippen MR) is 96.9 cm³/mol. The fourth-order valence-corrected chi connectivity index (χ4v) is 2.98. The number of nitrogen functional groups attached to an aromatic ring is 1. The van der Waals surface area contributed by atoms with Crippen molar-refractivity contribution in [3.63, 3.8) is 0 Å². The van der Waals surface area contributed by atoms with E-state index >= 15 is 0 Å². The van der Waals surface area contributed by atoms with E-state index in [1.807, 2.05) is 20.0 Å². The molecular weight excluding hydrogens is 316 g/mol. The van der Waals surface area contributed by atoms with Crippen molar-refractivity contribution in [1.29, 1.82) is 5.41 Å². The van der Waals surface area contributed by atoms with Gasteiger partial charge in [-0.2, -0.15) is 0 Å². The molecule has 3 rings (SSSR count). The van der Waals surface area contributed by atoms with Gasteiger partial charge in [-0.15, -0.1) is 0 Å². The fourth-order valence-electron chi connectivity index (χ4n) is 2.98. The van der Waals surface area contributed by atoms with Crippen molar-refractivity contribution >= 4 is 17.4 Å². The second-order valence-corrected chi connectivity index (χ2v) is 6.44. The van der Waals surface area contributed by atoms with Gasteiger partial charge in [0.1, 0.15) is 5.82 Å². The van der Waals surface area contributed by atoms with Crippen LogP contribution in [0.15, 0.2) is 30.6 Å². The zero-order valence-electron chi connectivity index (χ0n) is 14.4. The van der Waals surface area contributed by atoms with E-state index in [4.69, 9.17) is 11.1 Å². The Labute approximate surface area is 146 Å². The molecule has 2 aromatic rings. The molecule has 1 amide bonds. The third-order valence-corrected chi connectivity index (χ3v) is 4.36. The number of nitrogens with zero attached hydrogens (tertiary/aromatic N) is 3. The van der Waals surface area contributed by atoms with Gasteiger partial charge in [-0.1, -0.05) is 0 Å². The lowest BCUT2D eigenvalue weighted by atomic mass is 10.0. The Morgan fingerprint density at radius 1 is 1.36 bits per heavy atom. The monoisotopic (exact) mass is 338 g/mol.